The van der Waals surface area contributed by atoms with Crippen LogP contribution in [0, 0.1) is 0 Å². The number of benzene rings is 3. The van der Waals surface area contributed by atoms with Crippen LogP contribution in [0.4, 0.5) is 13.2 Å². The van der Waals surface area contributed by atoms with E-state index in [1.54, 1.807) is 12.1 Å². The van der Waals surface area contributed by atoms with Crippen molar-refractivity contribution in [2.45, 2.75) is 5.51 Å². The Hall–Kier alpha value is -2.37. The van der Waals surface area contributed by atoms with Gasteiger partial charge in [-0.05, 0) is 36.0 Å². The Kier molecular flexibility index (Phi) is 5.53. The van der Waals surface area contributed by atoms with E-state index in [9.17, 15) is 21.6 Å². The molecule has 3 nitrogen and oxygen atoms in total. The number of halogens is 3. The molecule has 0 fully saturated rings. The van der Waals surface area contributed by atoms with Crippen molar-refractivity contribution in [1.82, 2.24) is 0 Å². The van der Waals surface area contributed by atoms with Gasteiger partial charge in [0.05, 0.1) is 0 Å². The third-order valence-electron chi connectivity index (χ3n) is 3.61. The summed E-state index contributed by atoms with van der Waals surface area (Å²) in [6.07, 6.45) is 0. The van der Waals surface area contributed by atoms with E-state index in [-0.39, 0.29) is 5.75 Å². The van der Waals surface area contributed by atoms with Gasteiger partial charge in [0.1, 0.15) is 5.75 Å². The Balaban J connectivity index is 1.95. The van der Waals surface area contributed by atoms with Gasteiger partial charge in [-0.2, -0.15) is 21.6 Å². The highest BCUT2D eigenvalue weighted by Gasteiger charge is 2.48. The van der Waals surface area contributed by atoms with Crippen LogP contribution in [0.2, 0.25) is 0 Å². The summed E-state index contributed by atoms with van der Waals surface area (Å²) in [4.78, 5) is 0. The van der Waals surface area contributed by atoms with Gasteiger partial charge in [-0.3, -0.25) is 0 Å². The zero-order valence-corrected chi connectivity index (χ0v) is 15.5. The maximum atomic E-state index is 12.5. The molecule has 0 radical (unpaired) electrons. The SMILES string of the molecule is O=S(=O)(Oc1ccc(P(c2ccccc2)c2ccccc2)cc1)C(F)(F)F. The van der Waals surface area contributed by atoms with Crippen molar-refractivity contribution in [3.63, 3.8) is 0 Å². The number of alkyl halides is 3. The fourth-order valence-corrected chi connectivity index (χ4v) is 5.17. The van der Waals surface area contributed by atoms with Crippen LogP contribution in [0.1, 0.15) is 0 Å². The first-order valence-electron chi connectivity index (χ1n) is 7.79. The minimum absolute atomic E-state index is 0.382. The van der Waals surface area contributed by atoms with E-state index in [1.165, 1.54) is 12.1 Å². The van der Waals surface area contributed by atoms with Gasteiger partial charge in [0.15, 0.2) is 0 Å². The molecule has 0 aliphatic rings. The summed E-state index contributed by atoms with van der Waals surface area (Å²) in [7, 11) is -6.62. The van der Waals surface area contributed by atoms with Crippen molar-refractivity contribution in [2.24, 2.45) is 0 Å². The van der Waals surface area contributed by atoms with Crippen LogP contribution in [-0.2, 0) is 10.1 Å². The fraction of sp³-hybridized carbons (Fsp3) is 0.0526. The molecule has 0 spiro atoms. The lowest BCUT2D eigenvalue weighted by atomic mass is 10.3. The van der Waals surface area contributed by atoms with Gasteiger partial charge >= 0.3 is 15.6 Å². The Morgan fingerprint density at radius 3 is 1.48 bits per heavy atom. The molecule has 0 amide bonds. The van der Waals surface area contributed by atoms with E-state index in [4.69, 9.17) is 0 Å². The van der Waals surface area contributed by atoms with Gasteiger partial charge in [0.2, 0.25) is 0 Å². The van der Waals surface area contributed by atoms with Crippen molar-refractivity contribution in [1.29, 1.82) is 0 Å². The van der Waals surface area contributed by atoms with Gasteiger partial charge in [-0.15, -0.1) is 0 Å². The molecule has 0 atom stereocenters. The van der Waals surface area contributed by atoms with Crippen molar-refractivity contribution in [3.8, 4) is 5.75 Å². The standard InChI is InChI=1S/C19H14F3O3PS/c20-19(21,22)27(23,24)25-15-11-13-18(14-12-15)26(16-7-3-1-4-8-16)17-9-5-2-6-10-17/h1-14H. The summed E-state index contributed by atoms with van der Waals surface area (Å²) in [6, 6.07) is 25.1. The molecular formula is C19H14F3O3PS. The van der Waals surface area contributed by atoms with Crippen molar-refractivity contribution >= 4 is 34.0 Å². The summed E-state index contributed by atoms with van der Waals surface area (Å²) < 4.78 is 63.8. The van der Waals surface area contributed by atoms with Crippen LogP contribution in [0.5, 0.6) is 5.75 Å². The molecule has 3 aromatic rings. The molecule has 3 rings (SSSR count). The van der Waals surface area contributed by atoms with Gasteiger partial charge < -0.3 is 4.18 Å². The van der Waals surface area contributed by atoms with Crippen molar-refractivity contribution in [2.75, 3.05) is 0 Å². The average molecular weight is 410 g/mol. The number of hydrogen-bond acceptors (Lipinski definition) is 3. The van der Waals surface area contributed by atoms with Gasteiger partial charge in [0, 0.05) is 0 Å². The van der Waals surface area contributed by atoms with Crippen LogP contribution < -0.4 is 20.1 Å². The summed E-state index contributed by atoms with van der Waals surface area (Å²) in [5.74, 6) is -0.382. The van der Waals surface area contributed by atoms with Crippen LogP contribution >= 0.6 is 7.92 Å². The Bertz CT molecular complexity index is 950. The van der Waals surface area contributed by atoms with Gasteiger partial charge in [-0.25, -0.2) is 0 Å². The normalized spacial score (nSPS) is 12.1. The lowest BCUT2D eigenvalue weighted by Crippen LogP contribution is -2.28. The van der Waals surface area contributed by atoms with E-state index in [2.05, 4.69) is 4.18 Å². The molecule has 0 unspecified atom stereocenters. The largest absolute Gasteiger partial charge is 0.534 e. The first kappa shape index (κ1) is 19.4. The maximum absolute atomic E-state index is 12.5. The topological polar surface area (TPSA) is 43.4 Å². The maximum Gasteiger partial charge on any atom is 0.534 e. The van der Waals surface area contributed by atoms with Gasteiger partial charge in [0.25, 0.3) is 0 Å². The van der Waals surface area contributed by atoms with E-state index in [0.717, 1.165) is 15.9 Å². The predicted octanol–water partition coefficient (Wildman–Crippen LogP) is 3.67. The molecule has 0 aliphatic carbocycles. The monoisotopic (exact) mass is 410 g/mol. The molecule has 0 N–H and O–H groups in total. The zero-order chi connectivity index (χ0) is 19.5. The van der Waals surface area contributed by atoms with Crippen LogP contribution in [0.15, 0.2) is 84.9 Å². The Morgan fingerprint density at radius 1 is 0.667 bits per heavy atom. The highest BCUT2D eigenvalue weighted by atomic mass is 32.2. The molecule has 0 bridgehead atoms. The third kappa shape index (κ3) is 4.49. The lowest BCUT2D eigenvalue weighted by Gasteiger charge is -2.19. The highest BCUT2D eigenvalue weighted by Crippen LogP contribution is 2.33. The molecule has 8 heteroatoms. The van der Waals surface area contributed by atoms with Crippen molar-refractivity contribution in [3.05, 3.63) is 84.9 Å². The second-order valence-electron chi connectivity index (χ2n) is 5.48. The lowest BCUT2D eigenvalue weighted by molar-refractivity contribution is -0.0500. The predicted molar refractivity (Wildman–Crippen MR) is 101 cm³/mol. The minimum atomic E-state index is -5.68. The zero-order valence-electron chi connectivity index (χ0n) is 13.8. The minimum Gasteiger partial charge on any atom is -0.376 e. The number of hydrogen-bond donors (Lipinski definition) is 0. The summed E-state index contributed by atoms with van der Waals surface area (Å²) in [6.45, 7) is 0. The second-order valence-corrected chi connectivity index (χ2v) is 9.24. The Labute approximate surface area is 156 Å². The van der Waals surface area contributed by atoms with Crippen LogP contribution in [0.3, 0.4) is 0 Å². The van der Waals surface area contributed by atoms with Gasteiger partial charge in [-0.1, -0.05) is 72.8 Å². The molecule has 0 aromatic heterocycles. The quantitative estimate of drug-likeness (QED) is 0.366. The third-order valence-corrected chi connectivity index (χ3v) is 7.04. The highest BCUT2D eigenvalue weighted by molar-refractivity contribution is 7.88. The van der Waals surface area contributed by atoms with E-state index in [0.29, 0.717) is 0 Å². The Morgan fingerprint density at radius 2 is 1.07 bits per heavy atom. The van der Waals surface area contributed by atoms with E-state index >= 15 is 0 Å². The molecule has 0 saturated heterocycles. The van der Waals surface area contributed by atoms with Crippen LogP contribution in [-0.4, -0.2) is 13.9 Å². The van der Waals surface area contributed by atoms with Crippen molar-refractivity contribution < 1.29 is 25.8 Å². The van der Waals surface area contributed by atoms with E-state index in [1.807, 2.05) is 60.7 Å². The fourth-order valence-electron chi connectivity index (χ4n) is 2.43. The molecule has 0 aliphatic heterocycles. The average Bonchev–Trinajstić information content (AvgIpc) is 2.64. The summed E-state index contributed by atoms with van der Waals surface area (Å²) >= 11 is 0. The number of rotatable bonds is 5. The van der Waals surface area contributed by atoms with Crippen LogP contribution in [0.25, 0.3) is 0 Å². The molecule has 0 heterocycles. The summed E-state index contributed by atoms with van der Waals surface area (Å²) in [5.41, 5.74) is -5.47. The molecule has 0 saturated carbocycles. The first-order chi connectivity index (χ1) is 12.8. The van der Waals surface area contributed by atoms with E-state index < -0.39 is 23.5 Å². The smallest absolute Gasteiger partial charge is 0.376 e. The molecule has 140 valence electrons. The summed E-state index contributed by atoms with van der Waals surface area (Å²) in [5, 5.41) is 2.99. The second kappa shape index (κ2) is 7.71. The first-order valence-corrected chi connectivity index (χ1v) is 10.5. The molecular weight excluding hydrogens is 396 g/mol. The molecule has 3 aromatic carbocycles. The molecule has 27 heavy (non-hydrogen) atoms.